The molecule has 0 aliphatic heterocycles. The summed E-state index contributed by atoms with van der Waals surface area (Å²) in [6.07, 6.45) is 1.56. The van der Waals surface area contributed by atoms with E-state index in [0.29, 0.717) is 29.6 Å². The Hall–Kier alpha value is -1.55. The van der Waals surface area contributed by atoms with E-state index < -0.39 is 0 Å². The zero-order chi connectivity index (χ0) is 17.1. The van der Waals surface area contributed by atoms with Gasteiger partial charge in [0.15, 0.2) is 0 Å². The van der Waals surface area contributed by atoms with Gasteiger partial charge in [-0.15, -0.1) is 0 Å². The Balaban J connectivity index is 1.88. The number of hydrogen-bond acceptors (Lipinski definition) is 2. The molecule has 0 aromatic heterocycles. The number of amides is 2. The van der Waals surface area contributed by atoms with Crippen LogP contribution in [0, 0.1) is 31.6 Å². The molecule has 1 aromatic carbocycles. The molecule has 5 heteroatoms. The van der Waals surface area contributed by atoms with E-state index in [2.05, 4.69) is 24.5 Å². The highest BCUT2D eigenvalue weighted by Crippen LogP contribution is 2.40. The maximum Gasteiger partial charge on any atom is 0.228 e. The minimum atomic E-state index is -0.245. The first-order chi connectivity index (χ1) is 10.8. The van der Waals surface area contributed by atoms with Crippen LogP contribution in [-0.4, -0.2) is 18.4 Å². The van der Waals surface area contributed by atoms with E-state index >= 15 is 0 Å². The van der Waals surface area contributed by atoms with Gasteiger partial charge in [0.1, 0.15) is 0 Å². The molecule has 1 fully saturated rings. The Morgan fingerprint density at radius 3 is 2.48 bits per heavy atom. The highest BCUT2D eigenvalue weighted by atomic mass is 35.5. The van der Waals surface area contributed by atoms with Crippen LogP contribution < -0.4 is 10.6 Å². The highest BCUT2D eigenvalue weighted by molar-refractivity contribution is 6.34. The predicted molar refractivity (Wildman–Crippen MR) is 93.6 cm³/mol. The summed E-state index contributed by atoms with van der Waals surface area (Å²) in [5.41, 5.74) is 2.63. The highest BCUT2D eigenvalue weighted by Gasteiger charge is 2.48. The Bertz CT molecular complexity index is 590. The van der Waals surface area contributed by atoms with Gasteiger partial charge in [0.05, 0.1) is 22.5 Å². The molecule has 0 bridgehead atoms. The van der Waals surface area contributed by atoms with Crippen molar-refractivity contribution in [2.75, 3.05) is 11.9 Å². The second-order valence-electron chi connectivity index (χ2n) is 6.85. The topological polar surface area (TPSA) is 58.2 Å². The lowest BCUT2D eigenvalue weighted by atomic mass is 10.1. The molecule has 1 saturated carbocycles. The molecule has 126 valence electrons. The fourth-order valence-electron chi connectivity index (χ4n) is 2.68. The maximum absolute atomic E-state index is 12.3. The largest absolute Gasteiger partial charge is 0.356 e. The third kappa shape index (κ3) is 4.71. The number of nitrogens with one attached hydrogen (secondary N) is 2. The van der Waals surface area contributed by atoms with Crippen molar-refractivity contribution in [3.63, 3.8) is 0 Å². The van der Waals surface area contributed by atoms with E-state index in [1.54, 1.807) is 0 Å². The first-order valence-corrected chi connectivity index (χ1v) is 8.52. The number of anilines is 1. The molecule has 1 aliphatic carbocycles. The Morgan fingerprint density at radius 2 is 1.87 bits per heavy atom. The summed E-state index contributed by atoms with van der Waals surface area (Å²) in [5.74, 6) is -0.0295. The lowest BCUT2D eigenvalue weighted by Crippen LogP contribution is -2.29. The van der Waals surface area contributed by atoms with Gasteiger partial charge in [-0.2, -0.15) is 0 Å². The lowest BCUT2D eigenvalue weighted by molar-refractivity contribution is -0.125. The van der Waals surface area contributed by atoms with Crippen LogP contribution >= 0.6 is 11.6 Å². The fraction of sp³-hybridized carbons (Fsp3) is 0.556. The van der Waals surface area contributed by atoms with Crippen LogP contribution in [0.25, 0.3) is 0 Å². The molecular weight excluding hydrogens is 312 g/mol. The van der Waals surface area contributed by atoms with Crippen molar-refractivity contribution in [3.8, 4) is 0 Å². The van der Waals surface area contributed by atoms with Gasteiger partial charge in [-0.1, -0.05) is 31.5 Å². The van der Waals surface area contributed by atoms with Crippen molar-refractivity contribution in [2.24, 2.45) is 17.8 Å². The second kappa shape index (κ2) is 7.35. The monoisotopic (exact) mass is 336 g/mol. The quantitative estimate of drug-likeness (QED) is 0.832. The van der Waals surface area contributed by atoms with Gasteiger partial charge >= 0.3 is 0 Å². The standard InChI is InChI=1S/C18H25ClN2O2/c1-10(2)5-6-20-17(22)13-9-14(13)18(23)21-16-12(4)7-11(3)8-15(16)19/h7-8,10,13-14H,5-6,9H2,1-4H3,(H,20,22)(H,21,23). The van der Waals surface area contributed by atoms with Crippen LogP contribution in [0.5, 0.6) is 0 Å². The third-order valence-corrected chi connectivity index (χ3v) is 4.46. The van der Waals surface area contributed by atoms with Crippen LogP contribution in [0.15, 0.2) is 12.1 Å². The Kier molecular flexibility index (Phi) is 5.69. The molecule has 1 aliphatic rings. The first-order valence-electron chi connectivity index (χ1n) is 8.15. The second-order valence-corrected chi connectivity index (χ2v) is 7.26. The van der Waals surface area contributed by atoms with Crippen LogP contribution in [0.2, 0.25) is 5.02 Å². The van der Waals surface area contributed by atoms with E-state index in [4.69, 9.17) is 11.6 Å². The molecule has 2 amide bonds. The molecule has 2 atom stereocenters. The molecule has 0 heterocycles. The van der Waals surface area contributed by atoms with E-state index in [1.807, 2.05) is 26.0 Å². The average molecular weight is 337 g/mol. The van der Waals surface area contributed by atoms with Gasteiger partial charge in [0, 0.05) is 6.54 Å². The Morgan fingerprint density at radius 1 is 1.22 bits per heavy atom. The smallest absolute Gasteiger partial charge is 0.228 e. The van der Waals surface area contributed by atoms with Crippen molar-refractivity contribution in [3.05, 3.63) is 28.3 Å². The van der Waals surface area contributed by atoms with Crippen LogP contribution in [0.4, 0.5) is 5.69 Å². The normalized spacial score (nSPS) is 19.6. The van der Waals surface area contributed by atoms with Crippen LogP contribution in [-0.2, 0) is 9.59 Å². The minimum absolute atomic E-state index is 0.0162. The molecule has 0 radical (unpaired) electrons. The first kappa shape index (κ1) is 17.8. The van der Waals surface area contributed by atoms with Crippen molar-refractivity contribution >= 4 is 29.1 Å². The van der Waals surface area contributed by atoms with Crippen LogP contribution in [0.3, 0.4) is 0 Å². The predicted octanol–water partition coefficient (Wildman–Crippen LogP) is 3.69. The van der Waals surface area contributed by atoms with Crippen molar-refractivity contribution in [2.45, 2.75) is 40.5 Å². The van der Waals surface area contributed by atoms with Gasteiger partial charge in [-0.05, 0) is 49.8 Å². The molecule has 1 aromatic rings. The number of benzene rings is 1. The maximum atomic E-state index is 12.3. The molecule has 2 rings (SSSR count). The fourth-order valence-corrected chi connectivity index (χ4v) is 3.05. The van der Waals surface area contributed by atoms with E-state index in [-0.39, 0.29) is 23.7 Å². The number of halogens is 1. The van der Waals surface area contributed by atoms with Crippen LogP contribution in [0.1, 0.15) is 37.8 Å². The zero-order valence-electron chi connectivity index (χ0n) is 14.2. The summed E-state index contributed by atoms with van der Waals surface area (Å²) >= 11 is 6.21. The molecule has 2 unspecified atom stereocenters. The van der Waals surface area contributed by atoms with E-state index in [0.717, 1.165) is 17.5 Å². The average Bonchev–Trinajstić information content (AvgIpc) is 3.22. The number of rotatable bonds is 6. The molecule has 23 heavy (non-hydrogen) atoms. The summed E-state index contributed by atoms with van der Waals surface area (Å²) in [4.78, 5) is 24.3. The van der Waals surface area contributed by atoms with Gasteiger partial charge in [-0.3, -0.25) is 9.59 Å². The Labute approximate surface area is 143 Å². The summed E-state index contributed by atoms with van der Waals surface area (Å²) in [6, 6.07) is 3.80. The minimum Gasteiger partial charge on any atom is -0.356 e. The van der Waals surface area contributed by atoms with E-state index in [9.17, 15) is 9.59 Å². The number of hydrogen-bond donors (Lipinski definition) is 2. The molecule has 4 nitrogen and oxygen atoms in total. The SMILES string of the molecule is Cc1cc(C)c(NC(=O)C2CC2C(=O)NCCC(C)C)c(Cl)c1. The van der Waals surface area contributed by atoms with Crippen molar-refractivity contribution in [1.82, 2.24) is 5.32 Å². The zero-order valence-corrected chi connectivity index (χ0v) is 15.0. The van der Waals surface area contributed by atoms with Crippen molar-refractivity contribution < 1.29 is 9.59 Å². The summed E-state index contributed by atoms with van der Waals surface area (Å²) in [5, 5.41) is 6.32. The summed E-state index contributed by atoms with van der Waals surface area (Å²) < 4.78 is 0. The molecule has 2 N–H and O–H groups in total. The summed E-state index contributed by atoms with van der Waals surface area (Å²) in [7, 11) is 0. The van der Waals surface area contributed by atoms with Gasteiger partial charge < -0.3 is 10.6 Å². The van der Waals surface area contributed by atoms with Crippen molar-refractivity contribution in [1.29, 1.82) is 0 Å². The molecular formula is C18H25ClN2O2. The molecule has 0 spiro atoms. The lowest BCUT2D eigenvalue weighted by Gasteiger charge is -2.11. The van der Waals surface area contributed by atoms with Gasteiger partial charge in [0.2, 0.25) is 11.8 Å². The van der Waals surface area contributed by atoms with Gasteiger partial charge in [0.25, 0.3) is 0 Å². The number of carbonyl (C=O) groups excluding carboxylic acids is 2. The third-order valence-electron chi connectivity index (χ3n) is 4.16. The van der Waals surface area contributed by atoms with Gasteiger partial charge in [-0.25, -0.2) is 0 Å². The number of aryl methyl sites for hydroxylation is 2. The number of carbonyl (C=O) groups is 2. The molecule has 0 saturated heterocycles. The summed E-state index contributed by atoms with van der Waals surface area (Å²) in [6.45, 7) is 8.78. The van der Waals surface area contributed by atoms with E-state index in [1.165, 1.54) is 0 Å².